The molecule has 0 N–H and O–H groups in total. The zero-order chi connectivity index (χ0) is 81.3. The van der Waals surface area contributed by atoms with Gasteiger partial charge in [-0.1, -0.05) is 364 Å². The van der Waals surface area contributed by atoms with Crippen molar-refractivity contribution in [2.24, 2.45) is 0 Å². The number of hydrogen-bond donors (Lipinski definition) is 0. The lowest BCUT2D eigenvalue weighted by atomic mass is 9.98. The third-order valence-corrected chi connectivity index (χ3v) is 30.2. The van der Waals surface area contributed by atoms with Crippen LogP contribution in [0.3, 0.4) is 0 Å². The molecule has 0 saturated heterocycles. The molecule has 4 heterocycles. The molecule has 0 aliphatic carbocycles. The maximum Gasteiger partial charge on any atom is 0.179 e. The fourth-order valence-electron chi connectivity index (χ4n) is 19.6. The van der Waals surface area contributed by atoms with E-state index in [0.29, 0.717) is 0 Å². The topological polar surface area (TPSA) is 19.7 Å². The summed E-state index contributed by atoms with van der Waals surface area (Å²) in [6, 6.07) is 178. The summed E-state index contributed by atoms with van der Waals surface area (Å²) in [6.45, 7) is 0. The molecule has 0 saturated carbocycles. The summed E-state index contributed by atoms with van der Waals surface area (Å²) in [7, 11) is -2.67. The van der Waals surface area contributed by atoms with Gasteiger partial charge in [-0.3, -0.25) is 0 Å². The Bertz CT molecular complexity index is 8030. The van der Waals surface area contributed by atoms with E-state index in [0.717, 1.165) is 17.1 Å². The van der Waals surface area contributed by atoms with Crippen molar-refractivity contribution in [3.05, 3.63) is 485 Å². The fraction of sp³-hybridized carbons (Fsp3) is 0. The lowest BCUT2D eigenvalue weighted by Crippen LogP contribution is -2.74. The number of aromatic nitrogens is 4. The highest BCUT2D eigenvalue weighted by molar-refractivity contribution is 7.20. The Morgan fingerprint density at radius 1 is 0.122 bits per heavy atom. The molecule has 4 nitrogen and oxygen atoms in total. The zero-order valence-corrected chi connectivity index (χ0v) is 68.5. The molecule has 0 amide bonds. The van der Waals surface area contributed by atoms with E-state index in [9.17, 15) is 0 Å². The van der Waals surface area contributed by atoms with E-state index >= 15 is 0 Å². The molecular formula is C118H80N4Si. The smallest absolute Gasteiger partial charge is 0.179 e. The van der Waals surface area contributed by atoms with Gasteiger partial charge in [0.1, 0.15) is 0 Å². The van der Waals surface area contributed by atoms with Crippen LogP contribution in [0, 0.1) is 0 Å². The summed E-state index contributed by atoms with van der Waals surface area (Å²) in [5.41, 5.74) is 28.8. The van der Waals surface area contributed by atoms with Crippen LogP contribution in [0.1, 0.15) is 0 Å². The van der Waals surface area contributed by atoms with Crippen molar-refractivity contribution >= 4 is 127 Å². The third kappa shape index (κ3) is 12.6. The largest absolute Gasteiger partial charge is 0.309 e. The van der Waals surface area contributed by atoms with E-state index in [1.165, 1.54) is 191 Å². The molecule has 0 unspecified atom stereocenters. The molecule has 576 valence electrons. The molecular weight excluding hydrogens is 1500 g/mol. The van der Waals surface area contributed by atoms with Crippen molar-refractivity contribution in [1.82, 2.24) is 18.3 Å². The number of nitrogens with zero attached hydrogens (tertiary/aromatic N) is 4. The maximum absolute atomic E-state index is 2.67. The number of hydrogen-bond acceptors (Lipinski definition) is 0. The van der Waals surface area contributed by atoms with E-state index in [2.05, 4.69) is 504 Å². The first-order valence-corrected chi connectivity index (χ1v) is 44.4. The zero-order valence-electron chi connectivity index (χ0n) is 67.5. The molecule has 24 aromatic rings. The molecule has 0 spiro atoms. The standard InChI is InChI=1S/C72H50N2Si.C46H30N2/c1-5-19-51(20-6-1)55-21-17-23-60(47-55)74-70-34-16-14-32-66(70)68-50-58(42-46-72(68)74)53-37-35-52(36-38-53)57-41-45-71-67(49-57)65-31-13-15-33-69(65)73(71)59-43-39-54(40-44-59)56-22-18-30-64(48-56)75(61-24-7-2-8-25-61,62-26-9-3-10-27-62)63-28-11-4-12-29-63;1-2-10-31(11-3-1)33-18-23-37(24-19-33)47-43-16-8-6-14-39(43)41-29-35(21-26-45(41)47)36-22-27-46-42(30-36)40-15-7-9-17-44(40)48(46)38-25-20-32-12-4-5-13-34(32)28-38/h1-50H;1-30H. The van der Waals surface area contributed by atoms with Gasteiger partial charge >= 0.3 is 0 Å². The van der Waals surface area contributed by atoms with Crippen molar-refractivity contribution in [1.29, 1.82) is 0 Å². The summed E-state index contributed by atoms with van der Waals surface area (Å²) >= 11 is 0. The predicted octanol–water partition coefficient (Wildman–Crippen LogP) is 28.3. The number of para-hydroxylation sites is 4. The van der Waals surface area contributed by atoms with Crippen LogP contribution in [0.4, 0.5) is 0 Å². The Morgan fingerprint density at radius 2 is 0.366 bits per heavy atom. The van der Waals surface area contributed by atoms with E-state index < -0.39 is 8.07 Å². The Kier molecular flexibility index (Phi) is 17.9. The summed E-state index contributed by atoms with van der Waals surface area (Å²) in [6.07, 6.45) is 0. The van der Waals surface area contributed by atoms with Crippen LogP contribution in [0.2, 0.25) is 0 Å². The minimum atomic E-state index is -2.67. The normalized spacial score (nSPS) is 11.7. The van der Waals surface area contributed by atoms with Crippen LogP contribution in [-0.4, -0.2) is 26.3 Å². The molecule has 0 radical (unpaired) electrons. The van der Waals surface area contributed by atoms with Gasteiger partial charge in [-0.25, -0.2) is 0 Å². The SMILES string of the molecule is c1ccc(-c2ccc(-n3c4ccccc4c4cc(-c5ccc6c(c5)c5ccccc5n6-c5ccc6ccccc6c5)ccc43)cc2)cc1.c1ccc(-c2cccc(-n3c4ccccc4c4cc(-c5ccc(-c6ccc7c(c6)c6ccccc6n7-c6ccc(-c7cccc([Si](c8ccccc8)(c8ccccc8)c8ccccc8)c7)cc6)cc5)ccc43)c2)cc1. The molecule has 0 bridgehead atoms. The third-order valence-electron chi connectivity index (χ3n) is 25.4. The van der Waals surface area contributed by atoms with Crippen LogP contribution < -0.4 is 20.7 Å². The quantitative estimate of drug-likeness (QED) is 0.0764. The average Bonchev–Trinajstić information content (AvgIpc) is 1.11. The highest BCUT2D eigenvalue weighted by Gasteiger charge is 2.41. The van der Waals surface area contributed by atoms with Crippen LogP contribution >= 0.6 is 0 Å². The lowest BCUT2D eigenvalue weighted by molar-refractivity contribution is 1.18. The number of rotatable bonds is 14. The second-order valence-corrected chi connectivity index (χ2v) is 36.1. The van der Waals surface area contributed by atoms with Gasteiger partial charge in [-0.2, -0.15) is 0 Å². The fourth-order valence-corrected chi connectivity index (χ4v) is 24.4. The minimum absolute atomic E-state index is 1.14. The van der Waals surface area contributed by atoms with Crippen molar-refractivity contribution in [3.8, 4) is 89.5 Å². The molecule has 0 aliphatic rings. The molecule has 0 aliphatic heterocycles. The van der Waals surface area contributed by atoms with Gasteiger partial charge in [-0.05, 0) is 220 Å². The summed E-state index contributed by atoms with van der Waals surface area (Å²) in [5.74, 6) is 0. The molecule has 24 rings (SSSR count). The van der Waals surface area contributed by atoms with Crippen molar-refractivity contribution in [2.45, 2.75) is 0 Å². The Morgan fingerprint density at radius 3 is 0.772 bits per heavy atom. The second kappa shape index (κ2) is 30.5. The highest BCUT2D eigenvalue weighted by atomic mass is 28.3. The number of benzene rings is 20. The van der Waals surface area contributed by atoms with E-state index in [-0.39, 0.29) is 0 Å². The van der Waals surface area contributed by atoms with E-state index in [1.807, 2.05) is 0 Å². The van der Waals surface area contributed by atoms with Gasteiger partial charge in [0.05, 0.1) is 44.1 Å². The molecule has 20 aromatic carbocycles. The highest BCUT2D eigenvalue weighted by Crippen LogP contribution is 2.43. The van der Waals surface area contributed by atoms with Crippen molar-refractivity contribution < 1.29 is 0 Å². The van der Waals surface area contributed by atoms with E-state index in [4.69, 9.17) is 0 Å². The van der Waals surface area contributed by atoms with Gasteiger partial charge in [-0.15, -0.1) is 0 Å². The molecule has 4 aromatic heterocycles. The molecule has 5 heteroatoms. The van der Waals surface area contributed by atoms with Crippen LogP contribution in [0.15, 0.2) is 485 Å². The average molecular weight is 1580 g/mol. The molecule has 0 fully saturated rings. The van der Waals surface area contributed by atoms with Crippen molar-refractivity contribution in [3.63, 3.8) is 0 Å². The molecule has 0 atom stereocenters. The summed E-state index contributed by atoms with van der Waals surface area (Å²) in [4.78, 5) is 0. The van der Waals surface area contributed by atoms with Gasteiger partial charge in [0.15, 0.2) is 8.07 Å². The van der Waals surface area contributed by atoms with Gasteiger partial charge in [0.2, 0.25) is 0 Å². The Hall–Kier alpha value is -15.9. The van der Waals surface area contributed by atoms with Crippen molar-refractivity contribution in [2.75, 3.05) is 0 Å². The Balaban J connectivity index is 0.000000157. The lowest BCUT2D eigenvalue weighted by Gasteiger charge is -2.34. The molecule has 123 heavy (non-hydrogen) atoms. The van der Waals surface area contributed by atoms with E-state index in [1.54, 1.807) is 0 Å². The van der Waals surface area contributed by atoms with Gasteiger partial charge < -0.3 is 18.3 Å². The van der Waals surface area contributed by atoms with Crippen LogP contribution in [-0.2, 0) is 0 Å². The van der Waals surface area contributed by atoms with Crippen LogP contribution in [0.25, 0.3) is 188 Å². The second-order valence-electron chi connectivity index (χ2n) is 32.3. The summed E-state index contributed by atoms with van der Waals surface area (Å²) in [5, 5.41) is 18.0. The first kappa shape index (κ1) is 72.3. The monoisotopic (exact) mass is 1580 g/mol. The minimum Gasteiger partial charge on any atom is -0.309 e. The number of fused-ring (bicyclic) bond motifs is 13. The maximum atomic E-state index is 2.45. The van der Waals surface area contributed by atoms with Gasteiger partial charge in [0, 0.05) is 65.8 Å². The van der Waals surface area contributed by atoms with Crippen LogP contribution in [0.5, 0.6) is 0 Å². The Labute approximate surface area is 714 Å². The van der Waals surface area contributed by atoms with Gasteiger partial charge in [0.25, 0.3) is 0 Å². The first-order valence-electron chi connectivity index (χ1n) is 42.4. The summed E-state index contributed by atoms with van der Waals surface area (Å²) < 4.78 is 9.62. The first-order chi connectivity index (χ1) is 61.0. The predicted molar refractivity (Wildman–Crippen MR) is 524 cm³/mol.